The van der Waals surface area contributed by atoms with E-state index in [4.69, 9.17) is 19.2 Å². The molecule has 1 aromatic heterocycles. The Bertz CT molecular complexity index is 878. The molecule has 0 spiro atoms. The zero-order valence-corrected chi connectivity index (χ0v) is 16.8. The minimum absolute atomic E-state index is 0.0712. The normalized spacial score (nSPS) is 22.1. The van der Waals surface area contributed by atoms with E-state index in [9.17, 15) is 4.79 Å². The van der Waals surface area contributed by atoms with Crippen molar-refractivity contribution in [2.45, 2.75) is 57.1 Å². The number of aryl methyl sites for hydroxylation is 1. The van der Waals surface area contributed by atoms with Gasteiger partial charge in [-0.25, -0.2) is 4.98 Å². The highest BCUT2D eigenvalue weighted by atomic mass is 16.5. The number of carbonyl (C=O) groups is 1. The molecule has 1 saturated carbocycles. The van der Waals surface area contributed by atoms with Gasteiger partial charge in [-0.15, -0.1) is 0 Å². The van der Waals surface area contributed by atoms with Gasteiger partial charge in [0.1, 0.15) is 23.6 Å². The van der Waals surface area contributed by atoms with E-state index in [0.717, 1.165) is 47.4 Å². The van der Waals surface area contributed by atoms with Crippen molar-refractivity contribution in [1.29, 1.82) is 0 Å². The summed E-state index contributed by atoms with van der Waals surface area (Å²) < 4.78 is 16.8. The monoisotopic (exact) mass is 384 g/mol. The third-order valence-electron chi connectivity index (χ3n) is 5.98. The maximum atomic E-state index is 11.8. The van der Waals surface area contributed by atoms with Gasteiger partial charge < -0.3 is 19.5 Å². The highest BCUT2D eigenvalue weighted by Gasteiger charge is 2.34. The Balaban J connectivity index is 1.73. The van der Waals surface area contributed by atoms with Crippen LogP contribution in [0.5, 0.6) is 11.5 Å². The van der Waals surface area contributed by atoms with Crippen molar-refractivity contribution in [3.8, 4) is 11.5 Å². The predicted molar refractivity (Wildman–Crippen MR) is 107 cm³/mol. The van der Waals surface area contributed by atoms with Crippen molar-refractivity contribution >= 4 is 16.9 Å². The topological polar surface area (TPSA) is 69.7 Å². The van der Waals surface area contributed by atoms with Crippen molar-refractivity contribution in [3.63, 3.8) is 0 Å². The van der Waals surface area contributed by atoms with Gasteiger partial charge in [-0.3, -0.25) is 4.79 Å². The number of pyridine rings is 1. The Morgan fingerprint density at radius 1 is 1.29 bits per heavy atom. The fraction of sp³-hybridized carbons (Fsp3) is 0.545. The van der Waals surface area contributed by atoms with Crippen molar-refractivity contribution in [2.75, 3.05) is 20.8 Å². The van der Waals surface area contributed by atoms with E-state index in [0.29, 0.717) is 18.9 Å². The van der Waals surface area contributed by atoms with E-state index in [1.54, 1.807) is 7.11 Å². The molecule has 6 heteroatoms. The van der Waals surface area contributed by atoms with Crippen molar-refractivity contribution in [1.82, 2.24) is 10.3 Å². The zero-order chi connectivity index (χ0) is 19.7. The number of fused-ring (bicyclic) bond motifs is 1. The van der Waals surface area contributed by atoms with E-state index < -0.39 is 0 Å². The quantitative estimate of drug-likeness (QED) is 0.770. The summed E-state index contributed by atoms with van der Waals surface area (Å²) in [6, 6.07) is 5.73. The van der Waals surface area contributed by atoms with Crippen LogP contribution in [-0.2, 0) is 16.0 Å². The summed E-state index contributed by atoms with van der Waals surface area (Å²) in [6.07, 6.45) is 4.93. The van der Waals surface area contributed by atoms with Gasteiger partial charge in [-0.05, 0) is 37.5 Å². The minimum atomic E-state index is -0.305. The summed E-state index contributed by atoms with van der Waals surface area (Å²) in [4.78, 5) is 16.8. The molecule has 2 heterocycles. The highest BCUT2D eigenvalue weighted by Crippen LogP contribution is 2.44. The van der Waals surface area contributed by atoms with Gasteiger partial charge in [0.05, 0.1) is 25.4 Å². The fourth-order valence-corrected chi connectivity index (χ4v) is 4.16. The number of esters is 1. The molecule has 2 fully saturated rings. The molecule has 1 aliphatic carbocycles. The number of methoxy groups -OCH3 is 2. The molecule has 1 aromatic carbocycles. The van der Waals surface area contributed by atoms with Crippen LogP contribution in [0, 0.1) is 0 Å². The lowest BCUT2D eigenvalue weighted by Crippen LogP contribution is -2.31. The minimum Gasteiger partial charge on any atom is -0.497 e. The summed E-state index contributed by atoms with van der Waals surface area (Å²) in [6.45, 7) is 2.78. The number of hydrogen-bond acceptors (Lipinski definition) is 6. The first-order valence-electron chi connectivity index (χ1n) is 10.1. The molecular formula is C22H28N2O4. The molecule has 1 aliphatic heterocycles. The van der Waals surface area contributed by atoms with E-state index in [-0.39, 0.29) is 18.1 Å². The van der Waals surface area contributed by atoms with Crippen LogP contribution < -0.4 is 14.8 Å². The largest absolute Gasteiger partial charge is 0.497 e. The van der Waals surface area contributed by atoms with Crippen LogP contribution in [0.4, 0.5) is 0 Å². The number of nitrogens with one attached hydrogen (secondary N) is 1. The smallest absolute Gasteiger partial charge is 0.323 e. The SMILES string of the molecule is CCc1c(OC2CNC(C(=O)OC)C2)c(C2CCC2)nc2ccc(OC)cc12. The van der Waals surface area contributed by atoms with Gasteiger partial charge in [0, 0.05) is 29.8 Å². The molecule has 2 aliphatic rings. The standard InChI is InChI=1S/C22H28N2O4/c1-4-16-17-10-14(26-2)8-9-18(17)24-20(13-6-5-7-13)21(16)28-15-11-19(23-12-15)22(25)27-3/h8-10,13,15,19,23H,4-7,11-12H2,1-3H3. The molecule has 0 bridgehead atoms. The van der Waals surface area contributed by atoms with Crippen LogP contribution in [0.25, 0.3) is 10.9 Å². The van der Waals surface area contributed by atoms with E-state index in [2.05, 4.69) is 12.2 Å². The lowest BCUT2D eigenvalue weighted by atomic mass is 9.81. The summed E-state index contributed by atoms with van der Waals surface area (Å²) in [5, 5.41) is 4.29. The highest BCUT2D eigenvalue weighted by molar-refractivity contribution is 5.86. The Hall–Kier alpha value is -2.34. The lowest BCUT2D eigenvalue weighted by Gasteiger charge is -2.29. The molecule has 1 N–H and O–H groups in total. The molecule has 6 nitrogen and oxygen atoms in total. The predicted octanol–water partition coefficient (Wildman–Crippen LogP) is 3.36. The average molecular weight is 384 g/mol. The molecule has 0 amide bonds. The number of rotatable bonds is 6. The summed E-state index contributed by atoms with van der Waals surface area (Å²) in [7, 11) is 3.10. The lowest BCUT2D eigenvalue weighted by molar-refractivity contribution is -0.142. The van der Waals surface area contributed by atoms with Crippen molar-refractivity contribution in [3.05, 3.63) is 29.5 Å². The number of benzene rings is 1. The van der Waals surface area contributed by atoms with Gasteiger partial charge in [-0.2, -0.15) is 0 Å². The van der Waals surface area contributed by atoms with Crippen LogP contribution in [0.3, 0.4) is 0 Å². The molecule has 2 atom stereocenters. The number of carbonyl (C=O) groups excluding carboxylic acids is 1. The van der Waals surface area contributed by atoms with Gasteiger partial charge in [0.15, 0.2) is 0 Å². The van der Waals surface area contributed by atoms with Crippen LogP contribution in [0.2, 0.25) is 0 Å². The summed E-state index contributed by atoms with van der Waals surface area (Å²) >= 11 is 0. The molecule has 4 rings (SSSR count). The Labute approximate surface area is 165 Å². The van der Waals surface area contributed by atoms with Gasteiger partial charge in [-0.1, -0.05) is 13.3 Å². The van der Waals surface area contributed by atoms with Crippen molar-refractivity contribution in [2.24, 2.45) is 0 Å². The first-order chi connectivity index (χ1) is 13.6. The Kier molecular flexibility index (Phi) is 5.40. The second kappa shape index (κ2) is 7.95. The van der Waals surface area contributed by atoms with E-state index in [1.165, 1.54) is 19.1 Å². The number of hydrogen-bond donors (Lipinski definition) is 1. The molecular weight excluding hydrogens is 356 g/mol. The molecule has 2 aromatic rings. The average Bonchev–Trinajstić information content (AvgIpc) is 3.14. The van der Waals surface area contributed by atoms with E-state index >= 15 is 0 Å². The number of nitrogens with zero attached hydrogens (tertiary/aromatic N) is 1. The maximum absolute atomic E-state index is 11.8. The third kappa shape index (κ3) is 3.41. The Morgan fingerprint density at radius 2 is 2.11 bits per heavy atom. The van der Waals surface area contributed by atoms with Crippen LogP contribution in [0.15, 0.2) is 18.2 Å². The van der Waals surface area contributed by atoms with Gasteiger partial charge in [0.25, 0.3) is 0 Å². The summed E-state index contributed by atoms with van der Waals surface area (Å²) in [5.41, 5.74) is 3.23. The molecule has 2 unspecified atom stereocenters. The zero-order valence-electron chi connectivity index (χ0n) is 16.8. The van der Waals surface area contributed by atoms with Crippen LogP contribution in [0.1, 0.15) is 49.8 Å². The molecule has 0 radical (unpaired) electrons. The first kappa shape index (κ1) is 19.0. The Morgan fingerprint density at radius 3 is 2.75 bits per heavy atom. The van der Waals surface area contributed by atoms with Crippen LogP contribution >= 0.6 is 0 Å². The molecule has 1 saturated heterocycles. The van der Waals surface area contributed by atoms with Crippen LogP contribution in [-0.4, -0.2) is 43.9 Å². The molecule has 28 heavy (non-hydrogen) atoms. The number of ether oxygens (including phenoxy) is 3. The van der Waals surface area contributed by atoms with E-state index in [1.807, 2.05) is 18.2 Å². The second-order valence-electron chi connectivity index (χ2n) is 7.63. The third-order valence-corrected chi connectivity index (χ3v) is 5.98. The van der Waals surface area contributed by atoms with Crippen molar-refractivity contribution < 1.29 is 19.0 Å². The van der Waals surface area contributed by atoms with Gasteiger partial charge in [0.2, 0.25) is 0 Å². The second-order valence-corrected chi connectivity index (χ2v) is 7.63. The number of aromatic nitrogens is 1. The first-order valence-corrected chi connectivity index (χ1v) is 10.1. The summed E-state index contributed by atoms with van der Waals surface area (Å²) in [5.74, 6) is 1.95. The fourth-order valence-electron chi connectivity index (χ4n) is 4.16. The van der Waals surface area contributed by atoms with Gasteiger partial charge >= 0.3 is 5.97 Å². The maximum Gasteiger partial charge on any atom is 0.323 e. The molecule has 150 valence electrons.